The van der Waals surface area contributed by atoms with Crippen LogP contribution in [0.15, 0.2) is 0 Å². The SMILES string of the molecule is CCCC(CN)(CCC)C(=O)N1CCN2C(=O)NCC2C1. The van der Waals surface area contributed by atoms with E-state index in [-0.39, 0.29) is 18.0 Å². The van der Waals surface area contributed by atoms with Gasteiger partial charge in [-0.05, 0) is 12.8 Å². The number of carbonyl (C=O) groups is 2. The highest BCUT2D eigenvalue weighted by Gasteiger charge is 2.43. The third-order valence-corrected chi connectivity index (χ3v) is 4.82. The Balaban J connectivity index is 2.09. The first kappa shape index (κ1) is 16.1. The summed E-state index contributed by atoms with van der Waals surface area (Å²) in [5, 5.41) is 2.85. The fraction of sp³-hybridized carbons (Fsp3) is 0.867. The Morgan fingerprint density at radius 3 is 2.57 bits per heavy atom. The highest BCUT2D eigenvalue weighted by atomic mass is 16.2. The van der Waals surface area contributed by atoms with E-state index < -0.39 is 5.41 Å². The van der Waals surface area contributed by atoms with Gasteiger partial charge in [0.25, 0.3) is 0 Å². The van der Waals surface area contributed by atoms with Crippen LogP contribution < -0.4 is 11.1 Å². The summed E-state index contributed by atoms with van der Waals surface area (Å²) in [6.07, 6.45) is 3.62. The van der Waals surface area contributed by atoms with Crippen molar-refractivity contribution in [3.63, 3.8) is 0 Å². The lowest BCUT2D eigenvalue weighted by atomic mass is 9.77. The standard InChI is InChI=1S/C15H28N4O2/c1-3-5-15(11-16,6-4-2)13(20)18-7-8-19-12(10-18)9-17-14(19)21/h12H,3-11,16H2,1-2H3,(H,17,21). The number of rotatable bonds is 6. The summed E-state index contributed by atoms with van der Waals surface area (Å²) in [5.41, 5.74) is 5.58. The molecular weight excluding hydrogens is 268 g/mol. The van der Waals surface area contributed by atoms with Crippen molar-refractivity contribution in [2.75, 3.05) is 32.7 Å². The molecule has 2 fully saturated rings. The van der Waals surface area contributed by atoms with Crippen molar-refractivity contribution in [3.05, 3.63) is 0 Å². The van der Waals surface area contributed by atoms with Crippen LogP contribution in [0.5, 0.6) is 0 Å². The molecule has 2 rings (SSSR count). The van der Waals surface area contributed by atoms with Gasteiger partial charge in [0.1, 0.15) is 0 Å². The van der Waals surface area contributed by atoms with Crippen molar-refractivity contribution >= 4 is 11.9 Å². The van der Waals surface area contributed by atoms with Crippen molar-refractivity contribution in [2.45, 2.75) is 45.6 Å². The highest BCUT2D eigenvalue weighted by molar-refractivity contribution is 5.84. The molecule has 1 atom stereocenters. The van der Waals surface area contributed by atoms with Crippen LogP contribution in [-0.4, -0.2) is 60.5 Å². The molecule has 6 heteroatoms. The Labute approximate surface area is 127 Å². The normalized spacial score (nSPS) is 22.2. The van der Waals surface area contributed by atoms with E-state index in [0.717, 1.165) is 25.7 Å². The van der Waals surface area contributed by atoms with E-state index >= 15 is 0 Å². The maximum atomic E-state index is 13.0. The average Bonchev–Trinajstić information content (AvgIpc) is 2.87. The Morgan fingerprint density at radius 1 is 1.33 bits per heavy atom. The minimum atomic E-state index is -0.415. The van der Waals surface area contributed by atoms with E-state index in [4.69, 9.17) is 5.73 Å². The zero-order valence-electron chi connectivity index (χ0n) is 13.2. The predicted octanol–water partition coefficient (Wildman–Crippen LogP) is 0.768. The van der Waals surface area contributed by atoms with Crippen LogP contribution in [-0.2, 0) is 4.79 Å². The number of carbonyl (C=O) groups excluding carboxylic acids is 2. The van der Waals surface area contributed by atoms with Crippen LogP contribution in [0.25, 0.3) is 0 Å². The minimum absolute atomic E-state index is 0.000645. The second-order valence-corrected chi connectivity index (χ2v) is 6.27. The molecule has 2 heterocycles. The molecule has 2 aliphatic heterocycles. The van der Waals surface area contributed by atoms with Crippen LogP contribution in [0.3, 0.4) is 0 Å². The number of nitrogens with zero attached hydrogens (tertiary/aromatic N) is 2. The quantitative estimate of drug-likeness (QED) is 0.760. The first-order valence-electron chi connectivity index (χ1n) is 8.12. The number of nitrogens with one attached hydrogen (secondary N) is 1. The predicted molar refractivity (Wildman–Crippen MR) is 81.8 cm³/mol. The lowest BCUT2D eigenvalue weighted by Gasteiger charge is -2.42. The topological polar surface area (TPSA) is 78.7 Å². The van der Waals surface area contributed by atoms with Crippen LogP contribution >= 0.6 is 0 Å². The maximum Gasteiger partial charge on any atom is 0.317 e. The molecule has 120 valence electrons. The fourth-order valence-corrected chi connectivity index (χ4v) is 3.71. The van der Waals surface area contributed by atoms with Crippen LogP contribution in [0.1, 0.15) is 39.5 Å². The summed E-state index contributed by atoms with van der Waals surface area (Å²) in [4.78, 5) is 28.4. The van der Waals surface area contributed by atoms with E-state index in [1.165, 1.54) is 0 Å². The van der Waals surface area contributed by atoms with Gasteiger partial charge in [0.2, 0.25) is 5.91 Å². The van der Waals surface area contributed by atoms with Crippen molar-refractivity contribution in [3.8, 4) is 0 Å². The molecule has 0 spiro atoms. The summed E-state index contributed by atoms with van der Waals surface area (Å²) >= 11 is 0. The lowest BCUT2D eigenvalue weighted by Crippen LogP contribution is -2.58. The molecule has 0 aromatic rings. The molecule has 21 heavy (non-hydrogen) atoms. The number of nitrogens with two attached hydrogens (primary N) is 1. The second-order valence-electron chi connectivity index (χ2n) is 6.27. The Morgan fingerprint density at radius 2 is 2.00 bits per heavy atom. The molecule has 3 amide bonds. The number of urea groups is 1. The molecule has 2 saturated heterocycles. The molecule has 3 N–H and O–H groups in total. The highest BCUT2D eigenvalue weighted by Crippen LogP contribution is 2.32. The van der Waals surface area contributed by atoms with E-state index in [0.29, 0.717) is 32.7 Å². The molecule has 0 saturated carbocycles. The van der Waals surface area contributed by atoms with Crippen molar-refractivity contribution in [1.29, 1.82) is 0 Å². The second kappa shape index (κ2) is 6.64. The van der Waals surface area contributed by atoms with Crippen LogP contribution in [0.2, 0.25) is 0 Å². The zero-order valence-corrected chi connectivity index (χ0v) is 13.2. The van der Waals surface area contributed by atoms with E-state index in [1.807, 2.05) is 9.80 Å². The fourth-order valence-electron chi connectivity index (χ4n) is 3.71. The van der Waals surface area contributed by atoms with Gasteiger partial charge in [-0.2, -0.15) is 0 Å². The van der Waals surface area contributed by atoms with Gasteiger partial charge in [-0.15, -0.1) is 0 Å². The van der Waals surface area contributed by atoms with E-state index in [1.54, 1.807) is 0 Å². The number of piperazine rings is 1. The van der Waals surface area contributed by atoms with Gasteiger partial charge in [-0.1, -0.05) is 26.7 Å². The average molecular weight is 296 g/mol. The van der Waals surface area contributed by atoms with Gasteiger partial charge in [0.15, 0.2) is 0 Å². The monoisotopic (exact) mass is 296 g/mol. The first-order valence-corrected chi connectivity index (χ1v) is 8.12. The van der Waals surface area contributed by atoms with Gasteiger partial charge in [-0.25, -0.2) is 4.79 Å². The molecule has 0 radical (unpaired) electrons. The Kier molecular flexibility index (Phi) is 5.08. The van der Waals surface area contributed by atoms with Crippen molar-refractivity contribution in [1.82, 2.24) is 15.1 Å². The molecule has 0 bridgehead atoms. The van der Waals surface area contributed by atoms with E-state index in [2.05, 4.69) is 19.2 Å². The third-order valence-electron chi connectivity index (χ3n) is 4.82. The Bertz CT molecular complexity index is 393. The molecule has 0 aliphatic carbocycles. The summed E-state index contributed by atoms with van der Waals surface area (Å²) < 4.78 is 0. The summed E-state index contributed by atoms with van der Waals surface area (Å²) in [6.45, 7) is 7.14. The third kappa shape index (κ3) is 3.00. The molecule has 6 nitrogen and oxygen atoms in total. The first-order chi connectivity index (χ1) is 10.1. The van der Waals surface area contributed by atoms with Crippen LogP contribution in [0.4, 0.5) is 4.79 Å². The number of hydrogen-bond acceptors (Lipinski definition) is 3. The lowest BCUT2D eigenvalue weighted by molar-refractivity contribution is -0.145. The van der Waals surface area contributed by atoms with Gasteiger partial charge in [0.05, 0.1) is 11.5 Å². The summed E-state index contributed by atoms with van der Waals surface area (Å²) in [5.74, 6) is 0.188. The molecule has 0 aromatic carbocycles. The summed E-state index contributed by atoms with van der Waals surface area (Å²) in [7, 11) is 0. The molecule has 2 aliphatic rings. The van der Waals surface area contributed by atoms with Gasteiger partial charge < -0.3 is 20.9 Å². The molecular formula is C15H28N4O2. The number of hydrogen-bond donors (Lipinski definition) is 2. The van der Waals surface area contributed by atoms with Crippen molar-refractivity contribution in [2.24, 2.45) is 11.1 Å². The smallest absolute Gasteiger partial charge is 0.317 e. The zero-order chi connectivity index (χ0) is 15.5. The maximum absolute atomic E-state index is 13.0. The molecule has 0 aromatic heterocycles. The van der Waals surface area contributed by atoms with Crippen LogP contribution in [0, 0.1) is 5.41 Å². The van der Waals surface area contributed by atoms with Gasteiger partial charge in [-0.3, -0.25) is 4.79 Å². The summed E-state index contributed by atoms with van der Waals surface area (Å²) in [6, 6.07) is 0.119. The van der Waals surface area contributed by atoms with E-state index in [9.17, 15) is 9.59 Å². The largest absolute Gasteiger partial charge is 0.338 e. The minimum Gasteiger partial charge on any atom is -0.338 e. The number of amides is 3. The van der Waals surface area contributed by atoms with Gasteiger partial charge in [0, 0.05) is 32.7 Å². The number of fused-ring (bicyclic) bond motifs is 1. The van der Waals surface area contributed by atoms with Crippen molar-refractivity contribution < 1.29 is 9.59 Å². The Hall–Kier alpha value is -1.30. The van der Waals surface area contributed by atoms with Gasteiger partial charge >= 0.3 is 6.03 Å². The molecule has 1 unspecified atom stereocenters.